The van der Waals surface area contributed by atoms with Crippen LogP contribution in [0.4, 0.5) is 4.39 Å². The molecule has 0 unspecified atom stereocenters. The van der Waals surface area contributed by atoms with Crippen LogP contribution in [0.25, 0.3) is 10.2 Å². The fourth-order valence-electron chi connectivity index (χ4n) is 3.42. The normalized spacial score (nSPS) is 16.2. The van der Waals surface area contributed by atoms with Crippen molar-refractivity contribution in [1.29, 1.82) is 0 Å². The molecule has 0 bridgehead atoms. The van der Waals surface area contributed by atoms with Crippen molar-refractivity contribution in [2.45, 2.75) is 39.2 Å². The van der Waals surface area contributed by atoms with E-state index in [-0.39, 0.29) is 0 Å². The van der Waals surface area contributed by atoms with Gasteiger partial charge in [-0.15, -0.1) is 0 Å². The summed E-state index contributed by atoms with van der Waals surface area (Å²) in [4.78, 5) is 30.4. The van der Waals surface area contributed by atoms with Crippen molar-refractivity contribution in [3.05, 3.63) is 28.8 Å². The highest BCUT2D eigenvalue weighted by Crippen LogP contribution is 2.18. The second kappa shape index (κ2) is 9.17. The van der Waals surface area contributed by atoms with Gasteiger partial charge in [0.25, 0.3) is 5.91 Å². The molecule has 1 saturated heterocycles. The first-order chi connectivity index (χ1) is 13.8. The summed E-state index contributed by atoms with van der Waals surface area (Å²) < 4.78 is 40.5. The van der Waals surface area contributed by atoms with Crippen molar-refractivity contribution < 1.29 is 22.4 Å². The van der Waals surface area contributed by atoms with Gasteiger partial charge in [-0.25, -0.2) is 12.8 Å². The lowest BCUT2D eigenvalue weighted by Gasteiger charge is -2.19. The van der Waals surface area contributed by atoms with E-state index >= 15 is 0 Å². The Balaban J connectivity index is 1.75. The number of hydrogen-bond acceptors (Lipinski definition) is 5. The number of nitrogens with zero attached hydrogens (tertiary/aromatic N) is 3. The van der Waals surface area contributed by atoms with Crippen LogP contribution in [0.3, 0.4) is 0 Å². The zero-order valence-corrected chi connectivity index (χ0v) is 17.9. The summed E-state index contributed by atoms with van der Waals surface area (Å²) in [7, 11) is -3.92. The second-order valence-corrected chi connectivity index (χ2v) is 10.1. The van der Waals surface area contributed by atoms with Crippen LogP contribution in [0.5, 0.6) is 0 Å². The lowest BCUT2D eigenvalue weighted by molar-refractivity contribution is -0.128. The Kier molecular flexibility index (Phi) is 6.84. The second-order valence-electron chi connectivity index (χ2n) is 7.07. The summed E-state index contributed by atoms with van der Waals surface area (Å²) in [6.07, 6.45) is 3.79. The molecule has 1 aliphatic heterocycles. The van der Waals surface area contributed by atoms with E-state index in [4.69, 9.17) is 0 Å². The fourth-order valence-corrected chi connectivity index (χ4v) is 5.65. The van der Waals surface area contributed by atoms with Gasteiger partial charge >= 0.3 is 0 Å². The van der Waals surface area contributed by atoms with Crippen LogP contribution in [0, 0.1) is 5.82 Å². The van der Waals surface area contributed by atoms with Crippen LogP contribution in [0.1, 0.15) is 32.6 Å². The predicted molar refractivity (Wildman–Crippen MR) is 110 cm³/mol. The molecule has 1 fully saturated rings. The van der Waals surface area contributed by atoms with Gasteiger partial charge in [0, 0.05) is 19.6 Å². The number of aryl methyl sites for hydroxylation is 1. The Morgan fingerprint density at radius 1 is 1.14 bits per heavy atom. The summed E-state index contributed by atoms with van der Waals surface area (Å²) in [5.74, 6) is -3.18. The number of likely N-dealkylation sites (tertiary alicyclic amines) is 1. The first-order valence-electron chi connectivity index (χ1n) is 9.64. The van der Waals surface area contributed by atoms with Crippen molar-refractivity contribution >= 4 is 43.2 Å². The number of aromatic nitrogens is 1. The van der Waals surface area contributed by atoms with E-state index in [2.05, 4.69) is 4.99 Å². The Morgan fingerprint density at radius 2 is 1.83 bits per heavy atom. The van der Waals surface area contributed by atoms with Crippen LogP contribution in [-0.4, -0.2) is 54.3 Å². The smallest absolute Gasteiger partial charge is 0.263 e. The minimum Gasteiger partial charge on any atom is -0.342 e. The van der Waals surface area contributed by atoms with E-state index in [0.29, 0.717) is 29.1 Å². The predicted octanol–water partition coefficient (Wildman–Crippen LogP) is 2.11. The fraction of sp³-hybridized carbons (Fsp3) is 0.526. The van der Waals surface area contributed by atoms with Crippen molar-refractivity contribution in [1.82, 2.24) is 9.47 Å². The summed E-state index contributed by atoms with van der Waals surface area (Å²) in [6, 6.07) is 4.28. The molecule has 0 radical (unpaired) electrons. The first kappa shape index (κ1) is 21.6. The summed E-state index contributed by atoms with van der Waals surface area (Å²) in [5.41, 5.74) is 0.727. The molecule has 0 aliphatic carbocycles. The molecule has 1 aliphatic rings. The van der Waals surface area contributed by atoms with E-state index in [0.717, 1.165) is 42.5 Å². The van der Waals surface area contributed by atoms with E-state index in [1.165, 1.54) is 12.1 Å². The monoisotopic (exact) mass is 441 g/mol. The summed E-state index contributed by atoms with van der Waals surface area (Å²) in [5, 5.41) is 0. The third-order valence-electron chi connectivity index (χ3n) is 4.83. The molecule has 0 saturated carbocycles. The van der Waals surface area contributed by atoms with Gasteiger partial charge < -0.3 is 9.47 Å². The molecule has 158 valence electrons. The Hall–Kier alpha value is -2.07. The minimum atomic E-state index is -3.92. The molecule has 0 spiro atoms. The highest BCUT2D eigenvalue weighted by molar-refractivity contribution is 7.92. The number of halogens is 1. The molecule has 2 amide bonds. The van der Waals surface area contributed by atoms with Gasteiger partial charge in [0.05, 0.1) is 10.2 Å². The minimum absolute atomic E-state index is 0.312. The molecule has 3 rings (SSSR count). The maximum absolute atomic E-state index is 13.5. The molecule has 0 atom stereocenters. The molecule has 1 aromatic carbocycles. The largest absolute Gasteiger partial charge is 0.342 e. The molecule has 29 heavy (non-hydrogen) atoms. The molecular formula is C19H24FN3O4S2. The van der Waals surface area contributed by atoms with Crippen LogP contribution in [-0.2, 0) is 26.0 Å². The van der Waals surface area contributed by atoms with E-state index in [1.807, 2.05) is 6.92 Å². The van der Waals surface area contributed by atoms with Gasteiger partial charge in [0.15, 0.2) is 14.6 Å². The number of rotatable bonds is 5. The number of thiazole rings is 1. The van der Waals surface area contributed by atoms with E-state index in [1.54, 1.807) is 15.5 Å². The Morgan fingerprint density at radius 3 is 2.48 bits per heavy atom. The van der Waals surface area contributed by atoms with Crippen molar-refractivity contribution in [3.63, 3.8) is 0 Å². The van der Waals surface area contributed by atoms with Crippen molar-refractivity contribution in [3.8, 4) is 0 Å². The van der Waals surface area contributed by atoms with Gasteiger partial charge in [-0.1, -0.05) is 24.2 Å². The molecule has 1 aromatic heterocycles. The van der Waals surface area contributed by atoms with Gasteiger partial charge in [0.2, 0.25) is 5.91 Å². The van der Waals surface area contributed by atoms with Crippen LogP contribution in [0.15, 0.2) is 23.2 Å². The van der Waals surface area contributed by atoms with Gasteiger partial charge in [0.1, 0.15) is 17.3 Å². The summed E-state index contributed by atoms with van der Waals surface area (Å²) >= 11 is 1.12. The number of amides is 2. The van der Waals surface area contributed by atoms with Gasteiger partial charge in [-0.3, -0.25) is 9.59 Å². The van der Waals surface area contributed by atoms with Crippen molar-refractivity contribution in [2.24, 2.45) is 4.99 Å². The molecule has 10 heteroatoms. The van der Waals surface area contributed by atoms with E-state index < -0.39 is 39.0 Å². The SMILES string of the molecule is CCn1c(=NC(=O)CS(=O)(=O)CC(=O)N2CCCCCC2)sc2cc(F)ccc21. The number of carbonyl (C=O) groups is 2. The Labute approximate surface area is 172 Å². The van der Waals surface area contributed by atoms with Crippen LogP contribution < -0.4 is 4.80 Å². The maximum atomic E-state index is 13.5. The van der Waals surface area contributed by atoms with Crippen molar-refractivity contribution in [2.75, 3.05) is 24.6 Å². The standard InChI is InChI=1S/C19H24FN3O4S2/c1-2-23-15-8-7-14(20)11-16(15)28-19(23)21-17(24)12-29(26,27)13-18(25)22-9-5-3-4-6-10-22/h7-8,11H,2-6,9-10,12-13H2,1H3. The van der Waals surface area contributed by atoms with E-state index in [9.17, 15) is 22.4 Å². The highest BCUT2D eigenvalue weighted by Gasteiger charge is 2.25. The zero-order chi connectivity index (χ0) is 21.0. The third-order valence-corrected chi connectivity index (χ3v) is 7.24. The third kappa shape index (κ3) is 5.51. The average Bonchev–Trinajstić information content (AvgIpc) is 2.81. The molecule has 2 heterocycles. The first-order valence-corrected chi connectivity index (χ1v) is 12.3. The number of fused-ring (bicyclic) bond motifs is 1. The molecule has 0 N–H and O–H groups in total. The maximum Gasteiger partial charge on any atom is 0.263 e. The molecule has 2 aromatic rings. The number of hydrogen-bond donors (Lipinski definition) is 0. The molecule has 7 nitrogen and oxygen atoms in total. The lowest BCUT2D eigenvalue weighted by atomic mass is 10.2. The van der Waals surface area contributed by atoms with Crippen LogP contribution >= 0.6 is 11.3 Å². The number of carbonyl (C=O) groups excluding carboxylic acids is 2. The topological polar surface area (TPSA) is 88.8 Å². The molecular weight excluding hydrogens is 417 g/mol. The summed E-state index contributed by atoms with van der Waals surface area (Å²) in [6.45, 7) is 3.47. The van der Waals surface area contributed by atoms with Crippen LogP contribution in [0.2, 0.25) is 0 Å². The quantitative estimate of drug-likeness (QED) is 0.711. The number of benzene rings is 1. The lowest BCUT2D eigenvalue weighted by Crippen LogP contribution is -2.37. The Bertz CT molecular complexity index is 1080. The highest BCUT2D eigenvalue weighted by atomic mass is 32.2. The average molecular weight is 442 g/mol. The van der Waals surface area contributed by atoms with Gasteiger partial charge in [-0.05, 0) is 38.0 Å². The zero-order valence-electron chi connectivity index (χ0n) is 16.3. The van der Waals surface area contributed by atoms with Gasteiger partial charge in [-0.2, -0.15) is 4.99 Å². The number of sulfone groups is 1.